The van der Waals surface area contributed by atoms with Crippen molar-refractivity contribution in [3.8, 4) is 22.3 Å². The fraction of sp³-hybridized carbons (Fsp3) is 0.136. The number of benzene rings is 3. The van der Waals surface area contributed by atoms with Crippen molar-refractivity contribution in [1.82, 2.24) is 0 Å². The number of hydrogen-bond donors (Lipinski definition) is 0. The maximum atomic E-state index is 11.5. The van der Waals surface area contributed by atoms with Crippen molar-refractivity contribution in [3.63, 3.8) is 0 Å². The van der Waals surface area contributed by atoms with Crippen LogP contribution < -0.4 is 0 Å². The molecule has 0 saturated carbocycles. The van der Waals surface area contributed by atoms with Crippen molar-refractivity contribution < 1.29 is 4.79 Å². The number of ketones is 1. The molecule has 0 spiro atoms. The quantitative estimate of drug-likeness (QED) is 0.558. The molecule has 0 amide bonds. The van der Waals surface area contributed by atoms with Gasteiger partial charge in [-0.3, -0.25) is 4.79 Å². The van der Waals surface area contributed by atoms with Crippen LogP contribution in [0.3, 0.4) is 0 Å². The third-order valence-corrected chi connectivity index (χ3v) is 4.18. The summed E-state index contributed by atoms with van der Waals surface area (Å²) >= 11 is 0. The molecule has 0 bridgehead atoms. The largest absolute Gasteiger partial charge is 0.295 e. The first-order valence-corrected chi connectivity index (χ1v) is 7.98. The first-order valence-electron chi connectivity index (χ1n) is 7.98. The van der Waals surface area contributed by atoms with Gasteiger partial charge >= 0.3 is 0 Å². The average Bonchev–Trinajstić information content (AvgIpc) is 2.62. The molecule has 0 unspecified atom stereocenters. The molecule has 3 aromatic rings. The summed E-state index contributed by atoms with van der Waals surface area (Å²) in [5.74, 6) is 0.0967. The zero-order valence-electron chi connectivity index (χ0n) is 13.5. The van der Waals surface area contributed by atoms with Gasteiger partial charge in [0.1, 0.15) is 0 Å². The van der Waals surface area contributed by atoms with E-state index < -0.39 is 0 Å². The van der Waals surface area contributed by atoms with E-state index in [-0.39, 0.29) is 5.78 Å². The van der Waals surface area contributed by atoms with Gasteiger partial charge in [0.05, 0.1) is 0 Å². The van der Waals surface area contributed by atoms with E-state index in [2.05, 4.69) is 55.5 Å². The minimum atomic E-state index is 0.0967. The molecule has 3 aromatic carbocycles. The first-order chi connectivity index (χ1) is 11.2. The molecule has 0 atom stereocenters. The normalized spacial score (nSPS) is 10.5. The van der Waals surface area contributed by atoms with Gasteiger partial charge in [-0.1, -0.05) is 73.7 Å². The fourth-order valence-corrected chi connectivity index (χ4v) is 2.71. The molecule has 0 aliphatic carbocycles. The van der Waals surface area contributed by atoms with Crippen LogP contribution in [0.25, 0.3) is 22.3 Å². The second-order valence-corrected chi connectivity index (χ2v) is 5.76. The molecular weight excluding hydrogens is 280 g/mol. The van der Waals surface area contributed by atoms with E-state index in [0.717, 1.165) is 23.1 Å². The lowest BCUT2D eigenvalue weighted by Gasteiger charge is -2.07. The number of rotatable bonds is 4. The van der Waals surface area contributed by atoms with E-state index in [1.54, 1.807) is 6.92 Å². The fourth-order valence-electron chi connectivity index (χ4n) is 2.71. The Bertz CT molecular complexity index is 811. The second kappa shape index (κ2) is 6.62. The first kappa shape index (κ1) is 15.2. The smallest absolute Gasteiger partial charge is 0.159 e. The Morgan fingerprint density at radius 3 is 1.78 bits per heavy atom. The molecule has 0 aliphatic heterocycles. The standard InChI is InChI=1S/C22H20O/c1-3-17-7-9-18(10-8-17)19-11-13-20(14-12-19)22-6-4-5-21(15-22)16(2)23/h4-15H,3H2,1-2H3. The van der Waals surface area contributed by atoms with Crippen LogP contribution in [0.5, 0.6) is 0 Å². The summed E-state index contributed by atoms with van der Waals surface area (Å²) in [4.78, 5) is 11.5. The Morgan fingerprint density at radius 2 is 1.26 bits per heavy atom. The maximum absolute atomic E-state index is 11.5. The van der Waals surface area contributed by atoms with E-state index >= 15 is 0 Å². The molecule has 1 nitrogen and oxygen atoms in total. The van der Waals surface area contributed by atoms with Gasteiger partial charge in [0, 0.05) is 5.56 Å². The summed E-state index contributed by atoms with van der Waals surface area (Å²) < 4.78 is 0. The highest BCUT2D eigenvalue weighted by atomic mass is 16.1. The van der Waals surface area contributed by atoms with Gasteiger partial charge in [-0.05, 0) is 47.2 Å². The summed E-state index contributed by atoms with van der Waals surface area (Å²) in [5, 5.41) is 0. The predicted molar refractivity (Wildman–Crippen MR) is 96.7 cm³/mol. The van der Waals surface area contributed by atoms with Gasteiger partial charge in [0.15, 0.2) is 5.78 Å². The van der Waals surface area contributed by atoms with Gasteiger partial charge in [-0.2, -0.15) is 0 Å². The molecule has 114 valence electrons. The third kappa shape index (κ3) is 3.40. The molecule has 0 saturated heterocycles. The predicted octanol–water partition coefficient (Wildman–Crippen LogP) is 5.79. The Morgan fingerprint density at radius 1 is 0.739 bits per heavy atom. The Balaban J connectivity index is 1.89. The van der Waals surface area contributed by atoms with Crippen molar-refractivity contribution in [2.75, 3.05) is 0 Å². The Labute approximate surface area is 137 Å². The van der Waals surface area contributed by atoms with Crippen molar-refractivity contribution in [2.45, 2.75) is 20.3 Å². The molecule has 0 fully saturated rings. The minimum Gasteiger partial charge on any atom is -0.295 e. The molecule has 0 aliphatic rings. The topological polar surface area (TPSA) is 17.1 Å². The highest BCUT2D eigenvalue weighted by Crippen LogP contribution is 2.26. The van der Waals surface area contributed by atoms with Gasteiger partial charge in [-0.15, -0.1) is 0 Å². The van der Waals surface area contributed by atoms with Crippen LogP contribution in [0.15, 0.2) is 72.8 Å². The number of aryl methyl sites for hydroxylation is 1. The average molecular weight is 300 g/mol. The molecule has 0 N–H and O–H groups in total. The van der Waals surface area contributed by atoms with Gasteiger partial charge in [0.25, 0.3) is 0 Å². The van der Waals surface area contributed by atoms with Gasteiger partial charge < -0.3 is 0 Å². The third-order valence-electron chi connectivity index (χ3n) is 4.18. The number of carbonyl (C=O) groups is 1. The second-order valence-electron chi connectivity index (χ2n) is 5.76. The van der Waals surface area contributed by atoms with E-state index in [1.165, 1.54) is 16.7 Å². The molecule has 0 heterocycles. The van der Waals surface area contributed by atoms with Crippen LogP contribution >= 0.6 is 0 Å². The van der Waals surface area contributed by atoms with Gasteiger partial charge in [-0.25, -0.2) is 0 Å². The Kier molecular flexibility index (Phi) is 4.38. The summed E-state index contributed by atoms with van der Waals surface area (Å²) in [6.45, 7) is 3.77. The molecule has 3 rings (SSSR count). The molecule has 0 radical (unpaired) electrons. The van der Waals surface area contributed by atoms with Crippen LogP contribution in [0.1, 0.15) is 29.8 Å². The number of carbonyl (C=O) groups excluding carboxylic acids is 1. The summed E-state index contributed by atoms with van der Waals surface area (Å²) in [5.41, 5.74) is 6.74. The highest BCUT2D eigenvalue weighted by molar-refractivity contribution is 5.95. The SMILES string of the molecule is CCc1ccc(-c2ccc(-c3cccc(C(C)=O)c3)cc2)cc1. The summed E-state index contributed by atoms with van der Waals surface area (Å²) in [7, 11) is 0. The van der Waals surface area contributed by atoms with Crippen LogP contribution in [0.2, 0.25) is 0 Å². The van der Waals surface area contributed by atoms with Gasteiger partial charge in [0.2, 0.25) is 0 Å². The van der Waals surface area contributed by atoms with E-state index in [0.29, 0.717) is 0 Å². The molecule has 1 heteroatoms. The maximum Gasteiger partial charge on any atom is 0.159 e. The van der Waals surface area contributed by atoms with E-state index in [9.17, 15) is 4.79 Å². The van der Waals surface area contributed by atoms with Crippen LogP contribution in [0, 0.1) is 0 Å². The van der Waals surface area contributed by atoms with Crippen LogP contribution in [0.4, 0.5) is 0 Å². The molecule has 0 aromatic heterocycles. The van der Waals surface area contributed by atoms with Crippen molar-refractivity contribution in [3.05, 3.63) is 83.9 Å². The van der Waals surface area contributed by atoms with E-state index in [4.69, 9.17) is 0 Å². The summed E-state index contributed by atoms with van der Waals surface area (Å²) in [6.07, 6.45) is 1.06. The molecular formula is C22H20O. The Hall–Kier alpha value is -2.67. The van der Waals surface area contributed by atoms with Crippen molar-refractivity contribution >= 4 is 5.78 Å². The van der Waals surface area contributed by atoms with Crippen LogP contribution in [-0.4, -0.2) is 5.78 Å². The number of hydrogen-bond acceptors (Lipinski definition) is 1. The monoisotopic (exact) mass is 300 g/mol. The van der Waals surface area contributed by atoms with Crippen molar-refractivity contribution in [2.24, 2.45) is 0 Å². The van der Waals surface area contributed by atoms with E-state index in [1.807, 2.05) is 24.3 Å². The lowest BCUT2D eigenvalue weighted by atomic mass is 9.98. The zero-order chi connectivity index (χ0) is 16.2. The molecule has 23 heavy (non-hydrogen) atoms. The zero-order valence-corrected chi connectivity index (χ0v) is 13.5. The number of Topliss-reactive ketones (excluding diaryl/α,β-unsaturated/α-hetero) is 1. The lowest BCUT2D eigenvalue weighted by molar-refractivity contribution is 0.101. The highest BCUT2D eigenvalue weighted by Gasteiger charge is 2.04. The minimum absolute atomic E-state index is 0.0967. The lowest BCUT2D eigenvalue weighted by Crippen LogP contribution is -1.91. The van der Waals surface area contributed by atoms with Crippen LogP contribution in [-0.2, 0) is 6.42 Å². The van der Waals surface area contributed by atoms with Crippen molar-refractivity contribution in [1.29, 1.82) is 0 Å². The summed E-state index contributed by atoms with van der Waals surface area (Å²) in [6, 6.07) is 25.0.